The number of allylic oxidation sites excluding steroid dienone is 1. The number of halogens is 1. The SMILES string of the molecule is CCN1CCN(Cc2c(O)cc(C)c3c2O/C(=C\c2ccc(Br)cc2)C3=O)CC1. The Morgan fingerprint density at radius 3 is 2.45 bits per heavy atom. The van der Waals surface area contributed by atoms with Gasteiger partial charge in [0, 0.05) is 37.2 Å². The fourth-order valence-electron chi connectivity index (χ4n) is 3.93. The molecule has 2 aliphatic heterocycles. The first-order valence-electron chi connectivity index (χ1n) is 9.96. The van der Waals surface area contributed by atoms with Gasteiger partial charge in [-0.15, -0.1) is 0 Å². The van der Waals surface area contributed by atoms with E-state index in [4.69, 9.17) is 4.74 Å². The first-order chi connectivity index (χ1) is 14.0. The zero-order chi connectivity index (χ0) is 20.5. The highest BCUT2D eigenvalue weighted by Gasteiger charge is 2.34. The third-order valence-electron chi connectivity index (χ3n) is 5.68. The molecule has 0 unspecified atom stereocenters. The number of likely N-dealkylation sites (N-methyl/N-ethyl adjacent to an activating group) is 1. The van der Waals surface area contributed by atoms with Crippen molar-refractivity contribution in [2.75, 3.05) is 32.7 Å². The van der Waals surface area contributed by atoms with Crippen molar-refractivity contribution in [3.05, 3.63) is 62.8 Å². The molecule has 1 fully saturated rings. The molecular formula is C23H25BrN2O3. The van der Waals surface area contributed by atoms with Gasteiger partial charge in [0.25, 0.3) is 0 Å². The molecule has 29 heavy (non-hydrogen) atoms. The van der Waals surface area contributed by atoms with Crippen LogP contribution in [0.15, 0.2) is 40.6 Å². The molecule has 0 aromatic heterocycles. The van der Waals surface area contributed by atoms with Crippen molar-refractivity contribution >= 4 is 27.8 Å². The number of ether oxygens (including phenoxy) is 1. The van der Waals surface area contributed by atoms with Gasteiger partial charge >= 0.3 is 0 Å². The molecule has 2 aromatic carbocycles. The van der Waals surface area contributed by atoms with Gasteiger partial charge in [0.1, 0.15) is 11.5 Å². The van der Waals surface area contributed by atoms with Crippen molar-refractivity contribution in [3.8, 4) is 11.5 Å². The van der Waals surface area contributed by atoms with Crippen LogP contribution in [0.4, 0.5) is 0 Å². The van der Waals surface area contributed by atoms with Crippen LogP contribution in [0, 0.1) is 6.92 Å². The molecule has 5 nitrogen and oxygen atoms in total. The molecule has 6 heteroatoms. The van der Waals surface area contributed by atoms with Crippen molar-refractivity contribution in [2.24, 2.45) is 0 Å². The number of fused-ring (bicyclic) bond motifs is 1. The van der Waals surface area contributed by atoms with Crippen LogP contribution < -0.4 is 4.74 Å². The van der Waals surface area contributed by atoms with Crippen LogP contribution in [-0.4, -0.2) is 53.4 Å². The largest absolute Gasteiger partial charge is 0.507 e. The fourth-order valence-corrected chi connectivity index (χ4v) is 4.19. The number of Topliss-reactive ketones (excluding diaryl/α,β-unsaturated/α-hetero) is 1. The molecule has 0 radical (unpaired) electrons. The lowest BCUT2D eigenvalue weighted by Gasteiger charge is -2.34. The summed E-state index contributed by atoms with van der Waals surface area (Å²) < 4.78 is 7.01. The van der Waals surface area contributed by atoms with Gasteiger partial charge in [0.2, 0.25) is 5.78 Å². The summed E-state index contributed by atoms with van der Waals surface area (Å²) in [6.07, 6.45) is 1.76. The molecule has 4 rings (SSSR count). The Morgan fingerprint density at radius 2 is 1.79 bits per heavy atom. The normalized spacial score (nSPS) is 18.9. The Labute approximate surface area is 179 Å². The number of carbonyl (C=O) groups excluding carboxylic acids is 1. The summed E-state index contributed by atoms with van der Waals surface area (Å²) in [5, 5.41) is 10.6. The van der Waals surface area contributed by atoms with Gasteiger partial charge in [-0.25, -0.2) is 0 Å². The van der Waals surface area contributed by atoms with Crippen molar-refractivity contribution < 1.29 is 14.6 Å². The van der Waals surface area contributed by atoms with Crippen LogP contribution >= 0.6 is 15.9 Å². The minimum absolute atomic E-state index is 0.127. The lowest BCUT2D eigenvalue weighted by molar-refractivity contribution is 0.101. The van der Waals surface area contributed by atoms with Crippen molar-refractivity contribution in [3.63, 3.8) is 0 Å². The molecular weight excluding hydrogens is 432 g/mol. The van der Waals surface area contributed by atoms with Gasteiger partial charge in [-0.05, 0) is 48.9 Å². The Kier molecular flexibility index (Phi) is 5.76. The molecule has 0 atom stereocenters. The topological polar surface area (TPSA) is 53.0 Å². The second-order valence-corrected chi connectivity index (χ2v) is 8.51. The predicted molar refractivity (Wildman–Crippen MR) is 117 cm³/mol. The summed E-state index contributed by atoms with van der Waals surface area (Å²) in [5.41, 5.74) is 2.89. The van der Waals surface area contributed by atoms with E-state index in [9.17, 15) is 9.90 Å². The minimum atomic E-state index is -0.127. The maximum absolute atomic E-state index is 13.0. The van der Waals surface area contributed by atoms with Crippen molar-refractivity contribution in [1.29, 1.82) is 0 Å². The molecule has 1 N–H and O–H groups in total. The number of ketones is 1. The maximum Gasteiger partial charge on any atom is 0.232 e. The number of piperazine rings is 1. The van der Waals surface area contributed by atoms with Gasteiger partial charge < -0.3 is 14.7 Å². The highest BCUT2D eigenvalue weighted by Crippen LogP contribution is 2.42. The molecule has 152 valence electrons. The number of aryl methyl sites for hydroxylation is 1. The minimum Gasteiger partial charge on any atom is -0.507 e. The van der Waals surface area contributed by atoms with E-state index in [0.29, 0.717) is 29.2 Å². The quantitative estimate of drug-likeness (QED) is 0.697. The van der Waals surface area contributed by atoms with Gasteiger partial charge in [-0.1, -0.05) is 35.0 Å². The average Bonchev–Trinajstić information content (AvgIpc) is 3.04. The molecule has 2 aliphatic rings. The van der Waals surface area contributed by atoms with Gasteiger partial charge in [0.15, 0.2) is 5.76 Å². The molecule has 0 aliphatic carbocycles. The second-order valence-electron chi connectivity index (χ2n) is 7.60. The summed E-state index contributed by atoms with van der Waals surface area (Å²) in [7, 11) is 0. The van der Waals surface area contributed by atoms with Crippen LogP contribution in [0.3, 0.4) is 0 Å². The number of carbonyl (C=O) groups is 1. The zero-order valence-electron chi connectivity index (χ0n) is 16.7. The highest BCUT2D eigenvalue weighted by molar-refractivity contribution is 9.10. The highest BCUT2D eigenvalue weighted by atomic mass is 79.9. The smallest absolute Gasteiger partial charge is 0.232 e. The van der Waals surface area contributed by atoms with Crippen LogP contribution in [0.25, 0.3) is 6.08 Å². The Balaban J connectivity index is 1.63. The zero-order valence-corrected chi connectivity index (χ0v) is 18.3. The van der Waals surface area contributed by atoms with E-state index in [2.05, 4.69) is 32.7 Å². The van der Waals surface area contributed by atoms with E-state index in [-0.39, 0.29) is 11.5 Å². The lowest BCUT2D eigenvalue weighted by Crippen LogP contribution is -2.45. The predicted octanol–water partition coefficient (Wildman–Crippen LogP) is 4.22. The van der Waals surface area contributed by atoms with Gasteiger partial charge in [-0.2, -0.15) is 0 Å². The van der Waals surface area contributed by atoms with E-state index >= 15 is 0 Å². The molecule has 1 saturated heterocycles. The molecule has 0 saturated carbocycles. The molecule has 2 aromatic rings. The van der Waals surface area contributed by atoms with Gasteiger partial charge in [0.05, 0.1) is 11.1 Å². The van der Waals surface area contributed by atoms with Crippen LogP contribution in [0.2, 0.25) is 0 Å². The summed E-state index contributed by atoms with van der Waals surface area (Å²) in [4.78, 5) is 17.7. The van der Waals surface area contributed by atoms with E-state index in [1.807, 2.05) is 31.2 Å². The average molecular weight is 457 g/mol. The van der Waals surface area contributed by atoms with Crippen LogP contribution in [0.5, 0.6) is 11.5 Å². The second kappa shape index (κ2) is 8.30. The van der Waals surface area contributed by atoms with Gasteiger partial charge in [-0.3, -0.25) is 9.69 Å². The number of aromatic hydroxyl groups is 1. The van der Waals surface area contributed by atoms with Crippen molar-refractivity contribution in [1.82, 2.24) is 9.80 Å². The van der Waals surface area contributed by atoms with Crippen LogP contribution in [0.1, 0.15) is 34.0 Å². The molecule has 0 amide bonds. The van der Waals surface area contributed by atoms with E-state index in [1.54, 1.807) is 12.1 Å². The number of benzene rings is 2. The third kappa shape index (κ3) is 4.10. The summed E-state index contributed by atoms with van der Waals surface area (Å²) in [6.45, 7) is 9.54. The summed E-state index contributed by atoms with van der Waals surface area (Å²) >= 11 is 3.42. The number of phenolic OH excluding ortho intramolecular Hbond substituents is 1. The number of hydrogen-bond donors (Lipinski definition) is 1. The summed E-state index contributed by atoms with van der Waals surface area (Å²) in [6, 6.07) is 9.39. The number of phenols is 1. The monoisotopic (exact) mass is 456 g/mol. The van der Waals surface area contributed by atoms with E-state index in [1.165, 1.54) is 0 Å². The molecule has 0 spiro atoms. The first-order valence-corrected chi connectivity index (χ1v) is 10.8. The standard InChI is InChI=1S/C23H25BrN2O3/c1-3-25-8-10-26(11-9-25)14-18-19(27)12-15(2)21-22(28)20(29-23(18)21)13-16-4-6-17(24)7-5-16/h4-7,12-13,27H,3,8-11,14H2,1-2H3/b20-13-. The molecule has 2 heterocycles. The third-order valence-corrected chi connectivity index (χ3v) is 6.21. The van der Waals surface area contributed by atoms with E-state index in [0.717, 1.165) is 48.3 Å². The fraction of sp³-hybridized carbons (Fsp3) is 0.348. The molecule has 0 bridgehead atoms. The van der Waals surface area contributed by atoms with E-state index < -0.39 is 0 Å². The Bertz CT molecular complexity index is 961. The Morgan fingerprint density at radius 1 is 1.14 bits per heavy atom. The van der Waals surface area contributed by atoms with Crippen molar-refractivity contribution in [2.45, 2.75) is 20.4 Å². The number of hydrogen-bond acceptors (Lipinski definition) is 5. The maximum atomic E-state index is 13.0. The van der Waals surface area contributed by atoms with Crippen LogP contribution in [-0.2, 0) is 6.54 Å². The Hall–Kier alpha value is -2.15. The lowest BCUT2D eigenvalue weighted by atomic mass is 9.99. The first kappa shape index (κ1) is 20.1. The summed E-state index contributed by atoms with van der Waals surface area (Å²) in [5.74, 6) is 0.871. The number of nitrogens with zero attached hydrogens (tertiary/aromatic N) is 2. The number of rotatable bonds is 4.